The number of amides is 2. The Morgan fingerprint density at radius 2 is 1.80 bits per heavy atom. The van der Waals surface area contributed by atoms with E-state index in [4.69, 9.17) is 0 Å². The van der Waals surface area contributed by atoms with Crippen molar-refractivity contribution in [1.29, 1.82) is 0 Å². The molecule has 0 heterocycles. The minimum Gasteiger partial charge on any atom is -0.355 e. The third-order valence-electron chi connectivity index (χ3n) is 3.88. The fourth-order valence-electron chi connectivity index (χ4n) is 2.69. The second-order valence-corrected chi connectivity index (χ2v) is 5.57. The van der Waals surface area contributed by atoms with Crippen molar-refractivity contribution in [2.24, 2.45) is 5.92 Å². The Morgan fingerprint density at radius 1 is 1.15 bits per heavy atom. The molecule has 1 saturated carbocycles. The quantitative estimate of drug-likeness (QED) is 0.624. The summed E-state index contributed by atoms with van der Waals surface area (Å²) in [6.07, 6.45) is 5.93. The zero-order valence-corrected chi connectivity index (χ0v) is 12.9. The lowest BCUT2D eigenvalue weighted by atomic mass is 10.1. The van der Waals surface area contributed by atoms with E-state index < -0.39 is 0 Å². The van der Waals surface area contributed by atoms with Crippen molar-refractivity contribution in [1.82, 2.24) is 15.5 Å². The molecule has 1 rings (SSSR count). The highest BCUT2D eigenvalue weighted by atomic mass is 16.2. The third kappa shape index (κ3) is 6.89. The minimum atomic E-state index is -0.0479. The van der Waals surface area contributed by atoms with Gasteiger partial charge in [-0.3, -0.25) is 9.59 Å². The Morgan fingerprint density at radius 3 is 2.40 bits per heavy atom. The molecule has 1 aliphatic rings. The van der Waals surface area contributed by atoms with Crippen LogP contribution in [0.2, 0.25) is 0 Å². The van der Waals surface area contributed by atoms with Crippen LogP contribution in [0, 0.1) is 5.92 Å². The van der Waals surface area contributed by atoms with E-state index in [1.807, 2.05) is 11.8 Å². The summed E-state index contributed by atoms with van der Waals surface area (Å²) in [6, 6.07) is 0. The second-order valence-electron chi connectivity index (χ2n) is 5.57. The number of carbonyl (C=O) groups is 2. The van der Waals surface area contributed by atoms with Crippen LogP contribution in [0.4, 0.5) is 0 Å². The maximum Gasteiger partial charge on any atom is 0.222 e. The van der Waals surface area contributed by atoms with Gasteiger partial charge in [0.25, 0.3) is 0 Å². The number of hydrogen-bond acceptors (Lipinski definition) is 3. The molecule has 2 amide bonds. The molecule has 116 valence electrons. The zero-order valence-electron chi connectivity index (χ0n) is 12.9. The predicted octanol–water partition coefficient (Wildman–Crippen LogP) is 1.14. The molecule has 1 aliphatic carbocycles. The number of carbonyl (C=O) groups excluding carboxylic acids is 2. The molecule has 0 spiro atoms. The first-order valence-electron chi connectivity index (χ1n) is 7.86. The Labute approximate surface area is 122 Å². The van der Waals surface area contributed by atoms with Crippen LogP contribution in [0.1, 0.15) is 46.0 Å². The van der Waals surface area contributed by atoms with E-state index in [1.165, 1.54) is 32.6 Å². The fraction of sp³-hybridized carbons (Fsp3) is 0.867. The molecule has 0 atom stereocenters. The summed E-state index contributed by atoms with van der Waals surface area (Å²) >= 11 is 0. The van der Waals surface area contributed by atoms with Gasteiger partial charge in [-0.25, -0.2) is 0 Å². The van der Waals surface area contributed by atoms with Gasteiger partial charge in [-0.1, -0.05) is 19.8 Å². The number of rotatable bonds is 9. The van der Waals surface area contributed by atoms with Gasteiger partial charge in [-0.2, -0.15) is 0 Å². The van der Waals surface area contributed by atoms with Crippen LogP contribution in [-0.2, 0) is 9.59 Å². The summed E-state index contributed by atoms with van der Waals surface area (Å²) in [4.78, 5) is 24.5. The summed E-state index contributed by atoms with van der Waals surface area (Å²) in [5.41, 5.74) is 0. The third-order valence-corrected chi connectivity index (χ3v) is 3.88. The van der Waals surface area contributed by atoms with Crippen molar-refractivity contribution >= 4 is 11.8 Å². The van der Waals surface area contributed by atoms with Crippen LogP contribution in [0.25, 0.3) is 0 Å². The Bertz CT molecular complexity index is 301. The molecule has 0 unspecified atom stereocenters. The van der Waals surface area contributed by atoms with E-state index in [-0.39, 0.29) is 11.8 Å². The molecule has 5 heteroatoms. The Balaban J connectivity index is 2.17. The molecule has 1 fully saturated rings. The highest BCUT2D eigenvalue weighted by Crippen LogP contribution is 2.23. The lowest BCUT2D eigenvalue weighted by Gasteiger charge is -2.23. The van der Waals surface area contributed by atoms with Crippen molar-refractivity contribution in [2.75, 3.05) is 32.7 Å². The van der Waals surface area contributed by atoms with Crippen LogP contribution in [0.15, 0.2) is 0 Å². The van der Waals surface area contributed by atoms with Crippen LogP contribution in [0.3, 0.4) is 0 Å². The van der Waals surface area contributed by atoms with Gasteiger partial charge < -0.3 is 15.5 Å². The fourth-order valence-corrected chi connectivity index (χ4v) is 2.69. The molecule has 20 heavy (non-hydrogen) atoms. The van der Waals surface area contributed by atoms with Gasteiger partial charge >= 0.3 is 0 Å². The minimum absolute atomic E-state index is 0.0479. The first-order valence-corrected chi connectivity index (χ1v) is 7.86. The number of nitrogens with one attached hydrogen (secondary N) is 2. The van der Waals surface area contributed by atoms with Gasteiger partial charge in [0.15, 0.2) is 0 Å². The monoisotopic (exact) mass is 283 g/mol. The number of nitrogens with zero attached hydrogens (tertiary/aromatic N) is 1. The highest BCUT2D eigenvalue weighted by molar-refractivity contribution is 5.76. The van der Waals surface area contributed by atoms with E-state index in [9.17, 15) is 9.59 Å². The van der Waals surface area contributed by atoms with Crippen molar-refractivity contribution in [3.8, 4) is 0 Å². The molecule has 0 aliphatic heterocycles. The lowest BCUT2D eigenvalue weighted by Crippen LogP contribution is -2.41. The topological polar surface area (TPSA) is 61.4 Å². The maximum atomic E-state index is 11.8. The summed E-state index contributed by atoms with van der Waals surface area (Å²) < 4.78 is 0. The molecular formula is C15H29N3O2. The summed E-state index contributed by atoms with van der Waals surface area (Å²) in [5, 5.41) is 6.19. The zero-order chi connectivity index (χ0) is 14.8. The second kappa shape index (κ2) is 9.75. The van der Waals surface area contributed by atoms with Gasteiger partial charge in [0.1, 0.15) is 0 Å². The van der Waals surface area contributed by atoms with Crippen molar-refractivity contribution < 1.29 is 9.59 Å². The molecular weight excluding hydrogens is 254 g/mol. The molecule has 0 aromatic heterocycles. The highest BCUT2D eigenvalue weighted by Gasteiger charge is 2.15. The predicted molar refractivity (Wildman–Crippen MR) is 80.4 cm³/mol. The summed E-state index contributed by atoms with van der Waals surface area (Å²) in [7, 11) is 0. The molecule has 0 saturated heterocycles. The van der Waals surface area contributed by atoms with Crippen molar-refractivity contribution in [3.05, 3.63) is 0 Å². The molecule has 2 N–H and O–H groups in total. The SMILES string of the molecule is CCC(=O)N(CCNCC1CCCC1)CCNC(C)=O. The van der Waals surface area contributed by atoms with Crippen LogP contribution >= 0.6 is 0 Å². The van der Waals surface area contributed by atoms with E-state index in [1.54, 1.807) is 0 Å². The molecule has 0 bridgehead atoms. The van der Waals surface area contributed by atoms with Gasteiger partial charge in [0.2, 0.25) is 11.8 Å². The standard InChI is InChI=1S/C15H29N3O2/c1-3-15(20)18(11-9-17-13(2)19)10-8-16-12-14-6-4-5-7-14/h14,16H,3-12H2,1-2H3,(H,17,19). The Kier molecular flexibility index (Phi) is 8.26. The van der Waals surface area contributed by atoms with Gasteiger partial charge in [-0.05, 0) is 25.3 Å². The first-order chi connectivity index (χ1) is 9.63. The van der Waals surface area contributed by atoms with Crippen LogP contribution in [0.5, 0.6) is 0 Å². The normalized spacial score (nSPS) is 15.3. The number of hydrogen-bond donors (Lipinski definition) is 2. The van der Waals surface area contributed by atoms with Gasteiger partial charge in [-0.15, -0.1) is 0 Å². The first kappa shape index (κ1) is 17.0. The molecule has 0 aromatic carbocycles. The molecule has 5 nitrogen and oxygen atoms in total. The van der Waals surface area contributed by atoms with E-state index in [0.717, 1.165) is 25.6 Å². The van der Waals surface area contributed by atoms with E-state index in [2.05, 4.69) is 10.6 Å². The van der Waals surface area contributed by atoms with Gasteiger partial charge in [0, 0.05) is 39.5 Å². The lowest BCUT2D eigenvalue weighted by molar-refractivity contribution is -0.131. The Hall–Kier alpha value is -1.10. The van der Waals surface area contributed by atoms with E-state index >= 15 is 0 Å². The summed E-state index contributed by atoms with van der Waals surface area (Å²) in [5.74, 6) is 0.927. The summed E-state index contributed by atoms with van der Waals surface area (Å²) in [6.45, 7) is 7.12. The average Bonchev–Trinajstić information content (AvgIpc) is 2.93. The van der Waals surface area contributed by atoms with Crippen molar-refractivity contribution in [2.45, 2.75) is 46.0 Å². The smallest absolute Gasteiger partial charge is 0.222 e. The average molecular weight is 283 g/mol. The maximum absolute atomic E-state index is 11.8. The largest absolute Gasteiger partial charge is 0.355 e. The van der Waals surface area contributed by atoms with Gasteiger partial charge in [0.05, 0.1) is 0 Å². The molecule has 0 aromatic rings. The van der Waals surface area contributed by atoms with Crippen molar-refractivity contribution in [3.63, 3.8) is 0 Å². The van der Waals surface area contributed by atoms with Crippen LogP contribution in [-0.4, -0.2) is 49.4 Å². The van der Waals surface area contributed by atoms with Crippen LogP contribution < -0.4 is 10.6 Å². The van der Waals surface area contributed by atoms with E-state index in [0.29, 0.717) is 19.5 Å². The molecule has 0 radical (unpaired) electrons.